The summed E-state index contributed by atoms with van der Waals surface area (Å²) >= 11 is 0. The van der Waals surface area contributed by atoms with Gasteiger partial charge in [0.2, 0.25) is 5.91 Å². The highest BCUT2D eigenvalue weighted by atomic mass is 19.1. The van der Waals surface area contributed by atoms with Crippen molar-refractivity contribution in [1.82, 2.24) is 15.1 Å². The molecule has 1 fully saturated rings. The van der Waals surface area contributed by atoms with E-state index in [1.807, 2.05) is 11.9 Å². The number of halogens is 1. The Kier molecular flexibility index (Phi) is 7.33. The number of amides is 1. The number of nitrogens with zero attached hydrogens (tertiary/aromatic N) is 2. The largest absolute Gasteiger partial charge is 0.480 e. The zero-order chi connectivity index (χ0) is 18.2. The van der Waals surface area contributed by atoms with Crippen LogP contribution in [0.5, 0.6) is 0 Å². The summed E-state index contributed by atoms with van der Waals surface area (Å²) in [6.45, 7) is 2.37. The highest BCUT2D eigenvalue weighted by molar-refractivity contribution is 5.78. The third-order valence-corrected chi connectivity index (χ3v) is 4.57. The van der Waals surface area contributed by atoms with Crippen LogP contribution in [0.25, 0.3) is 0 Å². The zero-order valence-corrected chi connectivity index (χ0v) is 14.6. The van der Waals surface area contributed by atoms with E-state index in [-0.39, 0.29) is 24.3 Å². The van der Waals surface area contributed by atoms with Crippen LogP contribution < -0.4 is 5.32 Å². The second kappa shape index (κ2) is 9.48. The number of likely N-dealkylation sites (tertiary alicyclic amines) is 1. The maximum Gasteiger partial charge on any atom is 0.317 e. The summed E-state index contributed by atoms with van der Waals surface area (Å²) in [6.07, 6.45) is 2.74. The Morgan fingerprint density at radius 3 is 2.68 bits per heavy atom. The van der Waals surface area contributed by atoms with E-state index in [0.29, 0.717) is 13.1 Å². The SMILES string of the molecule is CN(CC(=O)O)C1CCCN(CC(=O)NCc2ccc(F)cc2)CC1. The Morgan fingerprint density at radius 2 is 2.00 bits per heavy atom. The van der Waals surface area contributed by atoms with Gasteiger partial charge in [0.1, 0.15) is 5.82 Å². The fourth-order valence-corrected chi connectivity index (χ4v) is 3.14. The van der Waals surface area contributed by atoms with Gasteiger partial charge in [0.15, 0.2) is 0 Å². The molecule has 1 amide bonds. The molecule has 6 nitrogen and oxygen atoms in total. The Bertz CT molecular complexity index is 579. The summed E-state index contributed by atoms with van der Waals surface area (Å²) in [7, 11) is 1.84. The average Bonchev–Trinajstić information content (AvgIpc) is 2.79. The molecule has 1 aromatic carbocycles. The number of hydrogen-bond donors (Lipinski definition) is 2. The predicted molar refractivity (Wildman–Crippen MR) is 92.6 cm³/mol. The van der Waals surface area contributed by atoms with Crippen molar-refractivity contribution in [3.8, 4) is 0 Å². The zero-order valence-electron chi connectivity index (χ0n) is 14.6. The van der Waals surface area contributed by atoms with Gasteiger partial charge in [-0.15, -0.1) is 0 Å². The van der Waals surface area contributed by atoms with Crippen molar-refractivity contribution < 1.29 is 19.1 Å². The highest BCUT2D eigenvalue weighted by Crippen LogP contribution is 2.15. The van der Waals surface area contributed by atoms with Gasteiger partial charge in [0.25, 0.3) is 0 Å². The molecule has 138 valence electrons. The van der Waals surface area contributed by atoms with Crippen LogP contribution in [0.3, 0.4) is 0 Å². The maximum atomic E-state index is 12.9. The summed E-state index contributed by atoms with van der Waals surface area (Å²) in [6, 6.07) is 6.31. The molecule has 1 aliphatic heterocycles. The second-order valence-electron chi connectivity index (χ2n) is 6.57. The van der Waals surface area contributed by atoms with Crippen molar-refractivity contribution in [2.24, 2.45) is 0 Å². The summed E-state index contributed by atoms with van der Waals surface area (Å²) in [5.74, 6) is -1.16. The average molecular weight is 351 g/mol. The molecule has 1 saturated heterocycles. The predicted octanol–water partition coefficient (Wildman–Crippen LogP) is 1.31. The second-order valence-corrected chi connectivity index (χ2v) is 6.57. The molecule has 0 aliphatic carbocycles. The molecule has 0 spiro atoms. The van der Waals surface area contributed by atoms with E-state index >= 15 is 0 Å². The number of carbonyl (C=O) groups is 2. The van der Waals surface area contributed by atoms with Crippen LogP contribution in [0.2, 0.25) is 0 Å². The molecule has 1 atom stereocenters. The molecule has 1 aromatic rings. The Hall–Kier alpha value is -1.99. The minimum atomic E-state index is -0.816. The van der Waals surface area contributed by atoms with E-state index in [4.69, 9.17) is 5.11 Å². The number of aliphatic carboxylic acids is 1. The highest BCUT2D eigenvalue weighted by Gasteiger charge is 2.22. The lowest BCUT2D eigenvalue weighted by Gasteiger charge is -2.25. The molecule has 1 aliphatic rings. The van der Waals surface area contributed by atoms with E-state index in [0.717, 1.165) is 37.9 Å². The van der Waals surface area contributed by atoms with E-state index in [9.17, 15) is 14.0 Å². The topological polar surface area (TPSA) is 72.9 Å². The Labute approximate surface area is 147 Å². The van der Waals surface area contributed by atoms with E-state index < -0.39 is 5.97 Å². The molecule has 0 bridgehead atoms. The van der Waals surface area contributed by atoms with Crippen molar-refractivity contribution in [3.05, 3.63) is 35.6 Å². The van der Waals surface area contributed by atoms with Crippen LogP contribution in [-0.2, 0) is 16.1 Å². The number of likely N-dealkylation sites (N-methyl/N-ethyl adjacent to an activating group) is 1. The monoisotopic (exact) mass is 351 g/mol. The van der Waals surface area contributed by atoms with Gasteiger partial charge < -0.3 is 10.4 Å². The lowest BCUT2D eigenvalue weighted by molar-refractivity contribution is -0.138. The third kappa shape index (κ3) is 6.80. The van der Waals surface area contributed by atoms with Gasteiger partial charge in [-0.25, -0.2) is 4.39 Å². The van der Waals surface area contributed by atoms with Crippen molar-refractivity contribution >= 4 is 11.9 Å². The van der Waals surface area contributed by atoms with Gasteiger partial charge in [0, 0.05) is 19.1 Å². The first-order valence-electron chi connectivity index (χ1n) is 8.59. The molecule has 7 heteroatoms. The van der Waals surface area contributed by atoms with Crippen LogP contribution in [0, 0.1) is 5.82 Å². The van der Waals surface area contributed by atoms with Crippen molar-refractivity contribution in [2.75, 3.05) is 33.2 Å². The molecular weight excluding hydrogens is 325 g/mol. The van der Waals surface area contributed by atoms with Crippen molar-refractivity contribution in [2.45, 2.75) is 31.8 Å². The summed E-state index contributed by atoms with van der Waals surface area (Å²) in [4.78, 5) is 26.9. The van der Waals surface area contributed by atoms with Crippen molar-refractivity contribution in [3.63, 3.8) is 0 Å². The quantitative estimate of drug-likeness (QED) is 0.775. The molecule has 1 heterocycles. The van der Waals surface area contributed by atoms with Crippen molar-refractivity contribution in [1.29, 1.82) is 0 Å². The van der Waals surface area contributed by atoms with E-state index in [2.05, 4.69) is 10.2 Å². The lowest BCUT2D eigenvalue weighted by atomic mass is 10.1. The molecule has 1 unspecified atom stereocenters. The first-order valence-corrected chi connectivity index (χ1v) is 8.59. The van der Waals surface area contributed by atoms with Crippen LogP contribution in [0.15, 0.2) is 24.3 Å². The Morgan fingerprint density at radius 1 is 1.28 bits per heavy atom. The molecule has 2 rings (SSSR count). The first kappa shape index (κ1) is 19.3. The minimum Gasteiger partial charge on any atom is -0.480 e. The molecule has 0 aromatic heterocycles. The number of carboxylic acid groups (broad SMARTS) is 1. The standard InChI is InChI=1S/C18H26FN3O3/c1-21(13-18(24)25)16-3-2-9-22(10-8-16)12-17(23)20-11-14-4-6-15(19)7-5-14/h4-7,16H,2-3,8-13H2,1H3,(H,20,23)(H,24,25). The molecule has 25 heavy (non-hydrogen) atoms. The summed E-state index contributed by atoms with van der Waals surface area (Å²) in [5.41, 5.74) is 0.862. The normalized spacial score (nSPS) is 18.8. The fraction of sp³-hybridized carbons (Fsp3) is 0.556. The molecule has 2 N–H and O–H groups in total. The van der Waals surface area contributed by atoms with Gasteiger partial charge in [-0.3, -0.25) is 19.4 Å². The number of carbonyl (C=O) groups excluding carboxylic acids is 1. The van der Waals surface area contributed by atoms with Gasteiger partial charge >= 0.3 is 5.97 Å². The lowest BCUT2D eigenvalue weighted by Crippen LogP contribution is -2.39. The number of carboxylic acids is 1. The molecular formula is C18H26FN3O3. The van der Waals surface area contributed by atoms with Gasteiger partial charge in [-0.2, -0.15) is 0 Å². The smallest absolute Gasteiger partial charge is 0.317 e. The van der Waals surface area contributed by atoms with E-state index in [1.54, 1.807) is 12.1 Å². The first-order chi connectivity index (χ1) is 11.9. The minimum absolute atomic E-state index is 0.0445. The molecule has 0 saturated carbocycles. The third-order valence-electron chi connectivity index (χ3n) is 4.57. The van der Waals surface area contributed by atoms with Crippen LogP contribution >= 0.6 is 0 Å². The van der Waals surface area contributed by atoms with Gasteiger partial charge in [-0.1, -0.05) is 12.1 Å². The summed E-state index contributed by atoms with van der Waals surface area (Å²) < 4.78 is 12.9. The van der Waals surface area contributed by atoms with Gasteiger partial charge in [-0.05, 0) is 50.6 Å². The number of nitrogens with one attached hydrogen (secondary N) is 1. The molecule has 0 radical (unpaired) electrons. The Balaban J connectivity index is 1.74. The maximum absolute atomic E-state index is 12.9. The fourth-order valence-electron chi connectivity index (χ4n) is 3.14. The van der Waals surface area contributed by atoms with E-state index in [1.165, 1.54) is 12.1 Å². The number of hydrogen-bond acceptors (Lipinski definition) is 4. The summed E-state index contributed by atoms with van der Waals surface area (Å²) in [5, 5.41) is 11.8. The van der Waals surface area contributed by atoms with Crippen LogP contribution in [0.4, 0.5) is 4.39 Å². The van der Waals surface area contributed by atoms with Gasteiger partial charge in [0.05, 0.1) is 13.1 Å². The van der Waals surface area contributed by atoms with Crippen LogP contribution in [0.1, 0.15) is 24.8 Å². The number of benzene rings is 1. The number of rotatable bonds is 7. The van der Waals surface area contributed by atoms with Crippen LogP contribution in [-0.4, -0.2) is 66.1 Å².